The average molecular weight is 405 g/mol. The fraction of sp³-hybridized carbons (Fsp3) is 0. The second-order valence-corrected chi connectivity index (χ2v) is 8.33. The average Bonchev–Trinajstić information content (AvgIpc) is 3.14. The zero-order chi connectivity index (χ0) is 17.6. The number of nitrogens with zero attached hydrogens (tertiary/aromatic N) is 1. The Bertz CT molecular complexity index is 1020. The Labute approximate surface area is 161 Å². The quantitative estimate of drug-likeness (QED) is 0.390. The summed E-state index contributed by atoms with van der Waals surface area (Å²) < 4.78 is 1.15. The van der Waals surface area contributed by atoms with E-state index in [1.54, 1.807) is 53.0 Å². The van der Waals surface area contributed by atoms with Gasteiger partial charge in [-0.2, -0.15) is 0 Å². The van der Waals surface area contributed by atoms with Crippen molar-refractivity contribution in [3.63, 3.8) is 0 Å². The van der Waals surface area contributed by atoms with Crippen molar-refractivity contribution < 1.29 is 9.59 Å². The van der Waals surface area contributed by atoms with Crippen molar-refractivity contribution in [2.75, 3.05) is 4.90 Å². The van der Waals surface area contributed by atoms with Crippen LogP contribution in [-0.4, -0.2) is 16.9 Å². The van der Waals surface area contributed by atoms with Crippen molar-refractivity contribution >= 4 is 84.6 Å². The number of nitrogens with one attached hydrogen (secondary N) is 1. The maximum atomic E-state index is 12.9. The molecule has 1 fully saturated rings. The van der Waals surface area contributed by atoms with E-state index in [-0.39, 0.29) is 10.7 Å². The highest BCUT2D eigenvalue weighted by Crippen LogP contribution is 2.32. The van der Waals surface area contributed by atoms with Crippen molar-refractivity contribution in [3.05, 3.63) is 57.3 Å². The van der Waals surface area contributed by atoms with Gasteiger partial charge in [-0.15, -0.1) is 22.7 Å². The Morgan fingerprint density at radius 2 is 1.92 bits per heavy atom. The van der Waals surface area contributed by atoms with Crippen LogP contribution < -0.4 is 10.2 Å². The first-order valence-corrected chi connectivity index (χ1v) is 9.65. The highest BCUT2D eigenvalue weighted by atomic mass is 35.5. The molecule has 1 aromatic carbocycles. The molecular weight excluding hydrogens is 396 g/mol. The summed E-state index contributed by atoms with van der Waals surface area (Å²) in [4.78, 5) is 27.3. The molecule has 0 atom stereocenters. The van der Waals surface area contributed by atoms with Crippen LogP contribution in [0.3, 0.4) is 0 Å². The number of anilines is 1. The molecule has 25 heavy (non-hydrogen) atoms. The van der Waals surface area contributed by atoms with E-state index in [9.17, 15) is 9.59 Å². The van der Waals surface area contributed by atoms with Crippen LogP contribution >= 0.6 is 46.5 Å². The lowest BCUT2D eigenvalue weighted by Gasteiger charge is -2.28. The Morgan fingerprint density at radius 3 is 2.64 bits per heavy atom. The predicted octanol–water partition coefficient (Wildman–Crippen LogP) is 4.45. The molecule has 0 bridgehead atoms. The minimum absolute atomic E-state index is 0.0532. The van der Waals surface area contributed by atoms with Crippen molar-refractivity contribution in [3.8, 4) is 0 Å². The van der Waals surface area contributed by atoms with Gasteiger partial charge in [0.05, 0.1) is 9.70 Å². The van der Waals surface area contributed by atoms with Crippen LogP contribution in [0.5, 0.6) is 0 Å². The molecule has 4 rings (SSSR count). The molecule has 2 aromatic heterocycles. The summed E-state index contributed by atoms with van der Waals surface area (Å²) in [7, 11) is 0. The Morgan fingerprint density at radius 1 is 1.16 bits per heavy atom. The number of benzene rings is 1. The number of hydrogen-bond donors (Lipinski definition) is 1. The van der Waals surface area contributed by atoms with Gasteiger partial charge in [-0.05, 0) is 60.1 Å². The summed E-state index contributed by atoms with van der Waals surface area (Å²) >= 11 is 14.2. The smallest absolute Gasteiger partial charge is 0.270 e. The first-order chi connectivity index (χ1) is 12.0. The predicted molar refractivity (Wildman–Crippen MR) is 107 cm³/mol. The number of fused-ring (bicyclic) bond motifs is 1. The third-order valence-corrected chi connectivity index (χ3v) is 6.33. The first-order valence-electron chi connectivity index (χ1n) is 7.17. The molecular formula is C17H9ClN2O2S3. The topological polar surface area (TPSA) is 49.4 Å². The number of thiocarbonyl (C=S) groups is 1. The van der Waals surface area contributed by atoms with Crippen molar-refractivity contribution in [1.82, 2.24) is 5.32 Å². The molecule has 3 aromatic rings. The number of hydrogen-bond acceptors (Lipinski definition) is 5. The Hall–Kier alpha value is -2.06. The number of amides is 2. The Balaban J connectivity index is 1.74. The van der Waals surface area contributed by atoms with Crippen LogP contribution in [0, 0.1) is 0 Å². The minimum Gasteiger partial charge on any atom is -0.298 e. The van der Waals surface area contributed by atoms with Gasteiger partial charge in [0, 0.05) is 15.3 Å². The van der Waals surface area contributed by atoms with E-state index in [1.807, 2.05) is 17.5 Å². The van der Waals surface area contributed by atoms with Gasteiger partial charge in [-0.3, -0.25) is 19.8 Å². The zero-order valence-corrected chi connectivity index (χ0v) is 15.7. The van der Waals surface area contributed by atoms with Crippen LogP contribution in [0.1, 0.15) is 4.88 Å². The summed E-state index contributed by atoms with van der Waals surface area (Å²) in [6.07, 6.45) is 1.61. The van der Waals surface area contributed by atoms with Crippen LogP contribution in [-0.2, 0) is 9.59 Å². The third kappa shape index (κ3) is 3.00. The molecule has 4 nitrogen and oxygen atoms in total. The van der Waals surface area contributed by atoms with Crippen LogP contribution in [0.15, 0.2) is 47.4 Å². The molecule has 124 valence electrons. The van der Waals surface area contributed by atoms with Gasteiger partial charge in [0.1, 0.15) is 5.57 Å². The molecule has 1 saturated heterocycles. The first kappa shape index (κ1) is 16.4. The number of rotatable bonds is 2. The lowest BCUT2D eigenvalue weighted by molar-refractivity contribution is -0.122. The van der Waals surface area contributed by atoms with Gasteiger partial charge in [0.2, 0.25) is 0 Å². The third-order valence-electron chi connectivity index (χ3n) is 3.64. The molecule has 0 saturated carbocycles. The van der Waals surface area contributed by atoms with E-state index in [1.165, 1.54) is 4.90 Å². The highest BCUT2D eigenvalue weighted by Gasteiger charge is 2.34. The second-order valence-electron chi connectivity index (χ2n) is 5.25. The van der Waals surface area contributed by atoms with Gasteiger partial charge in [0.25, 0.3) is 11.8 Å². The summed E-state index contributed by atoms with van der Waals surface area (Å²) in [5.74, 6) is -0.940. The van der Waals surface area contributed by atoms with Gasteiger partial charge >= 0.3 is 0 Å². The van der Waals surface area contributed by atoms with Crippen molar-refractivity contribution in [2.24, 2.45) is 0 Å². The Kier molecular flexibility index (Phi) is 4.16. The van der Waals surface area contributed by atoms with Crippen molar-refractivity contribution in [2.45, 2.75) is 0 Å². The highest BCUT2D eigenvalue weighted by molar-refractivity contribution is 7.80. The maximum absolute atomic E-state index is 12.9. The SMILES string of the molecule is O=C1NC(=S)N(c2ccc(Cl)cc2)C(=O)C1=Cc1cc2ccsc2s1. The van der Waals surface area contributed by atoms with Crippen LogP contribution in [0.4, 0.5) is 5.69 Å². The van der Waals surface area contributed by atoms with Gasteiger partial charge in [0.15, 0.2) is 5.11 Å². The van der Waals surface area contributed by atoms with Crippen molar-refractivity contribution in [1.29, 1.82) is 0 Å². The molecule has 8 heteroatoms. The van der Waals surface area contributed by atoms with E-state index in [0.29, 0.717) is 10.7 Å². The molecule has 0 aliphatic carbocycles. The normalized spacial score (nSPS) is 16.8. The largest absolute Gasteiger partial charge is 0.298 e. The molecule has 1 aliphatic heterocycles. The molecule has 2 amide bonds. The number of halogens is 1. The summed E-state index contributed by atoms with van der Waals surface area (Å²) in [5, 5.41) is 6.30. The minimum atomic E-state index is -0.489. The van der Waals surface area contributed by atoms with E-state index in [0.717, 1.165) is 14.3 Å². The lowest BCUT2D eigenvalue weighted by Crippen LogP contribution is -2.54. The molecule has 0 radical (unpaired) electrons. The zero-order valence-electron chi connectivity index (χ0n) is 12.5. The lowest BCUT2D eigenvalue weighted by atomic mass is 10.1. The van der Waals surface area contributed by atoms with Gasteiger partial charge in [-0.25, -0.2) is 0 Å². The maximum Gasteiger partial charge on any atom is 0.270 e. The summed E-state index contributed by atoms with van der Waals surface area (Å²) in [6.45, 7) is 0. The molecule has 1 aliphatic rings. The molecule has 3 heterocycles. The summed E-state index contributed by atoms with van der Waals surface area (Å²) in [6, 6.07) is 10.7. The van der Waals surface area contributed by atoms with E-state index < -0.39 is 11.8 Å². The van der Waals surface area contributed by atoms with E-state index in [4.69, 9.17) is 23.8 Å². The molecule has 1 N–H and O–H groups in total. The van der Waals surface area contributed by atoms with Crippen LogP contribution in [0.25, 0.3) is 15.5 Å². The second kappa shape index (κ2) is 6.34. The van der Waals surface area contributed by atoms with E-state index >= 15 is 0 Å². The molecule has 0 unspecified atom stereocenters. The van der Waals surface area contributed by atoms with Gasteiger partial charge < -0.3 is 0 Å². The van der Waals surface area contributed by atoms with Gasteiger partial charge in [-0.1, -0.05) is 11.6 Å². The van der Waals surface area contributed by atoms with E-state index in [2.05, 4.69) is 5.32 Å². The number of carbonyl (C=O) groups excluding carboxylic acids is 2. The number of carbonyl (C=O) groups is 2. The monoisotopic (exact) mass is 404 g/mol. The van der Waals surface area contributed by atoms with Crippen LogP contribution in [0.2, 0.25) is 5.02 Å². The fourth-order valence-corrected chi connectivity index (χ4v) is 4.96. The fourth-order valence-electron chi connectivity index (χ4n) is 2.48. The molecule has 0 spiro atoms. The standard InChI is InChI=1S/C17H9ClN2O2S3/c18-10-1-3-11(4-2-10)20-15(22)13(14(21)19-17(20)23)8-12-7-9-5-6-24-16(9)25-12/h1-8H,(H,19,21,23). The summed E-state index contributed by atoms with van der Waals surface area (Å²) in [5.41, 5.74) is 0.606. The number of thiophene rings is 2.